The van der Waals surface area contributed by atoms with Gasteiger partial charge in [0.1, 0.15) is 17.7 Å². The third-order valence-corrected chi connectivity index (χ3v) is 5.64. The minimum atomic E-state index is -0.940. The molecule has 2 aromatic carbocycles. The molecule has 198 valence electrons. The fourth-order valence-electron chi connectivity index (χ4n) is 3.87. The lowest BCUT2D eigenvalue weighted by atomic mass is 9.97. The van der Waals surface area contributed by atoms with Crippen LogP contribution in [-0.4, -0.2) is 40.5 Å². The molecule has 7 nitrogen and oxygen atoms in total. The lowest BCUT2D eigenvalue weighted by Gasteiger charge is -2.38. The van der Waals surface area contributed by atoms with Crippen LogP contribution in [0.5, 0.6) is 0 Å². The van der Waals surface area contributed by atoms with E-state index in [4.69, 9.17) is 11.2 Å². The predicted molar refractivity (Wildman–Crippen MR) is 145 cm³/mol. The number of ether oxygens (including phenoxy) is 1. The highest BCUT2D eigenvalue weighted by molar-refractivity contribution is 5.92. The van der Waals surface area contributed by atoms with E-state index in [1.807, 2.05) is 58.0 Å². The van der Waals surface area contributed by atoms with E-state index >= 15 is 0 Å². The second kappa shape index (κ2) is 13.0. The number of hydrogen-bond donors (Lipinski definition) is 2. The quantitative estimate of drug-likeness (QED) is 0.479. The zero-order valence-corrected chi connectivity index (χ0v) is 22.9. The van der Waals surface area contributed by atoms with Crippen molar-refractivity contribution >= 4 is 17.9 Å². The van der Waals surface area contributed by atoms with Crippen LogP contribution in [0.2, 0.25) is 0 Å². The molecule has 0 radical (unpaired) electrons. The largest absolute Gasteiger partial charge is 0.444 e. The van der Waals surface area contributed by atoms with Crippen LogP contribution < -0.4 is 10.6 Å². The monoisotopic (exact) mass is 505 g/mol. The van der Waals surface area contributed by atoms with Crippen LogP contribution in [0, 0.1) is 18.3 Å². The molecule has 0 saturated heterocycles. The Morgan fingerprint density at radius 3 is 2.05 bits per heavy atom. The van der Waals surface area contributed by atoms with Gasteiger partial charge in [-0.3, -0.25) is 9.59 Å². The fourth-order valence-corrected chi connectivity index (χ4v) is 3.87. The van der Waals surface area contributed by atoms with E-state index in [1.165, 1.54) is 4.90 Å². The van der Waals surface area contributed by atoms with Gasteiger partial charge in [-0.2, -0.15) is 0 Å². The summed E-state index contributed by atoms with van der Waals surface area (Å²) in [7, 11) is 0. The summed E-state index contributed by atoms with van der Waals surface area (Å²) in [5.74, 6) is 1.61. The lowest BCUT2D eigenvalue weighted by molar-refractivity contribution is -0.145. The maximum atomic E-state index is 14.0. The van der Waals surface area contributed by atoms with E-state index < -0.39 is 23.8 Å². The van der Waals surface area contributed by atoms with E-state index in [9.17, 15) is 14.4 Å². The van der Waals surface area contributed by atoms with E-state index in [0.717, 1.165) is 5.56 Å². The smallest absolute Gasteiger partial charge is 0.408 e. The average Bonchev–Trinajstić information content (AvgIpc) is 2.83. The normalized spacial score (nSPS) is 12.9. The van der Waals surface area contributed by atoms with Gasteiger partial charge in [-0.05, 0) is 63.8 Å². The average molecular weight is 506 g/mol. The molecule has 2 atom stereocenters. The van der Waals surface area contributed by atoms with E-state index in [-0.39, 0.29) is 23.8 Å². The fraction of sp³-hybridized carbons (Fsp3) is 0.433. The molecular formula is C30H39N3O4. The predicted octanol–water partition coefficient (Wildman–Crippen LogP) is 4.81. The molecule has 2 aromatic rings. The van der Waals surface area contributed by atoms with Crippen molar-refractivity contribution in [2.24, 2.45) is 5.92 Å². The van der Waals surface area contributed by atoms with Crippen LogP contribution in [0.15, 0.2) is 54.6 Å². The Labute approximate surface area is 221 Å². The van der Waals surface area contributed by atoms with Crippen molar-refractivity contribution in [3.8, 4) is 12.3 Å². The number of nitrogens with one attached hydrogen (secondary N) is 2. The van der Waals surface area contributed by atoms with Crippen LogP contribution >= 0.6 is 0 Å². The molecule has 0 aromatic heterocycles. The summed E-state index contributed by atoms with van der Waals surface area (Å²) in [6, 6.07) is 14.4. The van der Waals surface area contributed by atoms with Crippen molar-refractivity contribution in [1.82, 2.24) is 15.5 Å². The Morgan fingerprint density at radius 1 is 0.973 bits per heavy atom. The van der Waals surface area contributed by atoms with E-state index in [0.29, 0.717) is 17.7 Å². The van der Waals surface area contributed by atoms with Crippen molar-refractivity contribution in [3.05, 3.63) is 71.3 Å². The van der Waals surface area contributed by atoms with Crippen molar-refractivity contribution in [2.45, 2.75) is 78.7 Å². The van der Waals surface area contributed by atoms with Gasteiger partial charge >= 0.3 is 6.09 Å². The molecule has 0 spiro atoms. The zero-order chi connectivity index (χ0) is 27.8. The van der Waals surface area contributed by atoms with Crippen LogP contribution in [0.4, 0.5) is 4.79 Å². The van der Waals surface area contributed by atoms with Crippen LogP contribution in [-0.2, 0) is 20.9 Å². The molecule has 37 heavy (non-hydrogen) atoms. The van der Waals surface area contributed by atoms with Gasteiger partial charge in [0.15, 0.2) is 0 Å². The maximum absolute atomic E-state index is 14.0. The summed E-state index contributed by atoms with van der Waals surface area (Å²) >= 11 is 0. The van der Waals surface area contributed by atoms with Gasteiger partial charge < -0.3 is 20.3 Å². The van der Waals surface area contributed by atoms with Crippen LogP contribution in [0.3, 0.4) is 0 Å². The second-order valence-electron chi connectivity index (χ2n) is 10.6. The van der Waals surface area contributed by atoms with Crippen molar-refractivity contribution in [2.75, 3.05) is 0 Å². The van der Waals surface area contributed by atoms with Crippen LogP contribution in [0.25, 0.3) is 0 Å². The summed E-state index contributed by atoms with van der Waals surface area (Å²) in [6.45, 7) is 12.9. The molecule has 0 heterocycles. The molecule has 0 aliphatic rings. The number of amides is 3. The first-order valence-electron chi connectivity index (χ1n) is 12.5. The standard InChI is InChI=1S/C30H39N3O4/c1-9-22-15-17-24(18-16-22)26(27(34)31-19-23-13-11-10-12-14-23)33(21(4)5)28(35)25(20(2)3)32-29(36)37-30(6,7)8/h1,10-18,20-21,25-26H,19H2,2-8H3,(H,31,34)(H,32,36). The Balaban J connectivity index is 2.45. The van der Waals surface area contributed by atoms with E-state index in [2.05, 4.69) is 16.6 Å². The second-order valence-corrected chi connectivity index (χ2v) is 10.6. The first-order valence-corrected chi connectivity index (χ1v) is 12.5. The lowest BCUT2D eigenvalue weighted by Crippen LogP contribution is -2.56. The third-order valence-electron chi connectivity index (χ3n) is 5.64. The SMILES string of the molecule is C#Cc1ccc(C(C(=O)NCc2ccccc2)N(C(=O)C(NC(=O)OC(C)(C)C)C(C)C)C(C)C)cc1. The van der Waals surface area contributed by atoms with E-state index in [1.54, 1.807) is 45.0 Å². The summed E-state index contributed by atoms with van der Waals surface area (Å²) in [5, 5.41) is 5.69. The number of benzene rings is 2. The molecular weight excluding hydrogens is 466 g/mol. The highest BCUT2D eigenvalue weighted by Gasteiger charge is 2.38. The highest BCUT2D eigenvalue weighted by atomic mass is 16.6. The molecule has 2 N–H and O–H groups in total. The van der Waals surface area contributed by atoms with Crippen molar-refractivity contribution < 1.29 is 19.1 Å². The minimum Gasteiger partial charge on any atom is -0.444 e. The topological polar surface area (TPSA) is 87.7 Å². The van der Waals surface area contributed by atoms with Gasteiger partial charge in [-0.1, -0.05) is 62.2 Å². The van der Waals surface area contributed by atoms with Gasteiger partial charge in [0, 0.05) is 18.2 Å². The molecule has 2 rings (SSSR count). The first kappa shape index (κ1) is 29.4. The van der Waals surface area contributed by atoms with Gasteiger partial charge in [-0.15, -0.1) is 6.42 Å². The minimum absolute atomic E-state index is 0.252. The van der Waals surface area contributed by atoms with Crippen molar-refractivity contribution in [1.29, 1.82) is 0 Å². The summed E-state index contributed by atoms with van der Waals surface area (Å²) < 4.78 is 5.40. The number of carbonyl (C=O) groups excluding carboxylic acids is 3. The molecule has 0 aliphatic carbocycles. The Bertz CT molecular complexity index is 1100. The summed E-state index contributed by atoms with van der Waals surface area (Å²) in [4.78, 5) is 41.7. The summed E-state index contributed by atoms with van der Waals surface area (Å²) in [6.07, 6.45) is 4.83. The molecule has 0 bridgehead atoms. The maximum Gasteiger partial charge on any atom is 0.408 e. The van der Waals surface area contributed by atoms with Gasteiger partial charge in [0.2, 0.25) is 11.8 Å². The summed E-state index contributed by atoms with van der Waals surface area (Å²) in [5.41, 5.74) is 1.50. The number of hydrogen-bond acceptors (Lipinski definition) is 4. The Morgan fingerprint density at radius 2 is 1.57 bits per heavy atom. The van der Waals surface area contributed by atoms with Gasteiger partial charge in [-0.25, -0.2) is 4.79 Å². The number of rotatable bonds is 9. The first-order chi connectivity index (χ1) is 17.3. The molecule has 7 heteroatoms. The van der Waals surface area contributed by atoms with Gasteiger partial charge in [0.05, 0.1) is 0 Å². The molecule has 0 aliphatic heterocycles. The number of nitrogens with zero attached hydrogens (tertiary/aromatic N) is 1. The van der Waals surface area contributed by atoms with Crippen LogP contribution in [0.1, 0.15) is 71.2 Å². The Kier molecular flexibility index (Phi) is 10.3. The Hall–Kier alpha value is -3.79. The zero-order valence-electron chi connectivity index (χ0n) is 22.9. The molecule has 0 fully saturated rings. The van der Waals surface area contributed by atoms with Gasteiger partial charge in [0.25, 0.3) is 0 Å². The highest BCUT2D eigenvalue weighted by Crippen LogP contribution is 2.27. The molecule has 0 saturated carbocycles. The van der Waals surface area contributed by atoms with Crippen molar-refractivity contribution in [3.63, 3.8) is 0 Å². The number of terminal acetylenes is 1. The number of carbonyl (C=O) groups is 3. The number of alkyl carbamates (subject to hydrolysis) is 1. The molecule has 2 unspecified atom stereocenters. The molecule has 3 amide bonds. The third kappa shape index (κ3) is 8.68.